The maximum Gasteiger partial charge on any atom is 0.433 e. The molecule has 0 aliphatic carbocycles. The zero-order valence-electron chi connectivity index (χ0n) is 8.78. The lowest BCUT2D eigenvalue weighted by Crippen LogP contribution is -1.82. The summed E-state index contributed by atoms with van der Waals surface area (Å²) in [4.78, 5) is 10.9. The standard InChI is InChI=1S/C12H9NO3S/c14-13(15)12-7-6-10(16-12)8-9-17-11-4-2-1-3-5-11/h1-9H/b9-8-. The molecule has 0 unspecified atom stereocenters. The van der Waals surface area contributed by atoms with Crippen LogP contribution in [-0.2, 0) is 0 Å². The molecule has 0 spiro atoms. The summed E-state index contributed by atoms with van der Waals surface area (Å²) < 4.78 is 4.98. The van der Waals surface area contributed by atoms with Crippen LogP contribution in [0, 0.1) is 10.1 Å². The molecule has 2 aromatic rings. The quantitative estimate of drug-likeness (QED) is 0.466. The normalized spacial score (nSPS) is 10.8. The average Bonchev–Trinajstić information content (AvgIpc) is 2.79. The van der Waals surface area contributed by atoms with Gasteiger partial charge in [-0.1, -0.05) is 30.0 Å². The lowest BCUT2D eigenvalue weighted by Gasteiger charge is -1.92. The average molecular weight is 247 g/mol. The summed E-state index contributed by atoms with van der Waals surface area (Å²) in [5, 5.41) is 12.2. The molecule has 0 N–H and O–H groups in total. The van der Waals surface area contributed by atoms with E-state index in [1.807, 2.05) is 35.7 Å². The Morgan fingerprint density at radius 3 is 2.59 bits per heavy atom. The Labute approximate surface area is 102 Å². The van der Waals surface area contributed by atoms with Gasteiger partial charge in [-0.25, -0.2) is 0 Å². The molecule has 1 heterocycles. The van der Waals surface area contributed by atoms with Crippen molar-refractivity contribution in [2.75, 3.05) is 0 Å². The van der Waals surface area contributed by atoms with Gasteiger partial charge in [0.25, 0.3) is 0 Å². The first-order valence-corrected chi connectivity index (χ1v) is 5.76. The van der Waals surface area contributed by atoms with Crippen LogP contribution in [0.3, 0.4) is 0 Å². The fourth-order valence-electron chi connectivity index (χ4n) is 1.21. The van der Waals surface area contributed by atoms with E-state index in [4.69, 9.17) is 4.42 Å². The Morgan fingerprint density at radius 1 is 1.18 bits per heavy atom. The van der Waals surface area contributed by atoms with Crippen LogP contribution < -0.4 is 0 Å². The van der Waals surface area contributed by atoms with Crippen molar-refractivity contribution in [2.45, 2.75) is 4.90 Å². The van der Waals surface area contributed by atoms with Crippen molar-refractivity contribution in [3.63, 3.8) is 0 Å². The molecule has 0 saturated carbocycles. The van der Waals surface area contributed by atoms with Crippen LogP contribution >= 0.6 is 11.8 Å². The van der Waals surface area contributed by atoms with Gasteiger partial charge in [0.05, 0.1) is 6.07 Å². The highest BCUT2D eigenvalue weighted by Gasteiger charge is 2.09. The van der Waals surface area contributed by atoms with Gasteiger partial charge in [-0.3, -0.25) is 10.1 Å². The largest absolute Gasteiger partial charge is 0.433 e. The summed E-state index contributed by atoms with van der Waals surface area (Å²) in [5.74, 6) is 0.231. The molecular weight excluding hydrogens is 238 g/mol. The van der Waals surface area contributed by atoms with Crippen LogP contribution in [0.4, 0.5) is 5.88 Å². The molecule has 0 aliphatic rings. The third-order valence-electron chi connectivity index (χ3n) is 1.97. The topological polar surface area (TPSA) is 56.3 Å². The third-order valence-corrected chi connectivity index (χ3v) is 2.79. The highest BCUT2D eigenvalue weighted by atomic mass is 32.2. The summed E-state index contributed by atoms with van der Waals surface area (Å²) >= 11 is 1.52. The number of nitro groups is 1. The summed E-state index contributed by atoms with van der Waals surface area (Å²) in [6.07, 6.45) is 1.70. The lowest BCUT2D eigenvalue weighted by molar-refractivity contribution is -0.402. The maximum atomic E-state index is 10.4. The molecule has 2 rings (SSSR count). The lowest BCUT2D eigenvalue weighted by atomic mass is 10.4. The van der Waals surface area contributed by atoms with E-state index in [9.17, 15) is 10.1 Å². The molecule has 0 aliphatic heterocycles. The van der Waals surface area contributed by atoms with Crippen LogP contribution in [0.15, 0.2) is 57.2 Å². The Balaban J connectivity index is 1.98. The molecule has 1 aromatic heterocycles. The van der Waals surface area contributed by atoms with Crippen molar-refractivity contribution in [1.29, 1.82) is 0 Å². The Morgan fingerprint density at radius 2 is 1.94 bits per heavy atom. The summed E-state index contributed by atoms with van der Waals surface area (Å²) in [7, 11) is 0. The number of benzene rings is 1. The number of rotatable bonds is 4. The molecule has 4 nitrogen and oxygen atoms in total. The highest BCUT2D eigenvalue weighted by molar-refractivity contribution is 8.02. The number of thioether (sulfide) groups is 1. The third kappa shape index (κ3) is 3.22. The zero-order chi connectivity index (χ0) is 12.1. The highest BCUT2D eigenvalue weighted by Crippen LogP contribution is 2.21. The van der Waals surface area contributed by atoms with Crippen molar-refractivity contribution in [3.05, 3.63) is 63.7 Å². The Hall–Kier alpha value is -2.01. The molecule has 17 heavy (non-hydrogen) atoms. The minimum atomic E-state index is -0.554. The molecule has 0 atom stereocenters. The van der Waals surface area contributed by atoms with Gasteiger partial charge in [0.2, 0.25) is 0 Å². The summed E-state index contributed by atoms with van der Waals surface area (Å²) in [6, 6.07) is 12.7. The number of hydrogen-bond acceptors (Lipinski definition) is 4. The van der Waals surface area contributed by atoms with E-state index in [1.165, 1.54) is 17.8 Å². The van der Waals surface area contributed by atoms with Gasteiger partial charge in [0.15, 0.2) is 0 Å². The molecule has 0 saturated heterocycles. The van der Waals surface area contributed by atoms with E-state index in [2.05, 4.69) is 0 Å². The van der Waals surface area contributed by atoms with E-state index in [-0.39, 0.29) is 5.88 Å². The second-order valence-corrected chi connectivity index (χ2v) is 4.15. The molecular formula is C12H9NO3S. The van der Waals surface area contributed by atoms with E-state index in [0.29, 0.717) is 5.76 Å². The molecule has 86 valence electrons. The number of nitrogens with zero attached hydrogens (tertiary/aromatic N) is 1. The smallest absolute Gasteiger partial charge is 0.401 e. The van der Waals surface area contributed by atoms with Gasteiger partial charge < -0.3 is 4.42 Å². The zero-order valence-corrected chi connectivity index (χ0v) is 9.59. The first kappa shape index (κ1) is 11.5. The molecule has 0 radical (unpaired) electrons. The minimum Gasteiger partial charge on any atom is -0.401 e. The second kappa shape index (κ2) is 5.36. The van der Waals surface area contributed by atoms with E-state index >= 15 is 0 Å². The van der Waals surface area contributed by atoms with Gasteiger partial charge in [-0.15, -0.1) is 0 Å². The first-order chi connectivity index (χ1) is 8.25. The Bertz CT molecular complexity index is 534. The summed E-state index contributed by atoms with van der Waals surface area (Å²) in [6.45, 7) is 0. The van der Waals surface area contributed by atoms with E-state index in [0.717, 1.165) is 4.90 Å². The second-order valence-electron chi connectivity index (χ2n) is 3.17. The van der Waals surface area contributed by atoms with Crippen molar-refractivity contribution in [1.82, 2.24) is 0 Å². The first-order valence-electron chi connectivity index (χ1n) is 4.88. The van der Waals surface area contributed by atoms with Crippen molar-refractivity contribution >= 4 is 23.7 Å². The van der Waals surface area contributed by atoms with Crippen LogP contribution in [0.5, 0.6) is 0 Å². The van der Waals surface area contributed by atoms with E-state index < -0.39 is 4.92 Å². The summed E-state index contributed by atoms with van der Waals surface area (Å²) in [5.41, 5.74) is 0. The molecule has 5 heteroatoms. The van der Waals surface area contributed by atoms with Crippen molar-refractivity contribution < 1.29 is 9.34 Å². The SMILES string of the molecule is O=[N+]([O-])c1ccc(/C=C\Sc2ccccc2)o1. The molecule has 0 fully saturated rings. The van der Waals surface area contributed by atoms with Crippen LogP contribution in [0.2, 0.25) is 0 Å². The van der Waals surface area contributed by atoms with E-state index in [1.54, 1.807) is 12.1 Å². The predicted molar refractivity (Wildman–Crippen MR) is 66.7 cm³/mol. The minimum absolute atomic E-state index is 0.241. The molecule has 0 amide bonds. The Kier molecular flexibility index (Phi) is 3.62. The molecule has 1 aromatic carbocycles. The van der Waals surface area contributed by atoms with Crippen LogP contribution in [0.1, 0.15) is 5.76 Å². The van der Waals surface area contributed by atoms with Gasteiger partial charge in [-0.2, -0.15) is 0 Å². The van der Waals surface area contributed by atoms with Gasteiger partial charge in [0, 0.05) is 4.90 Å². The number of hydrogen-bond donors (Lipinski definition) is 0. The fraction of sp³-hybridized carbons (Fsp3) is 0. The van der Waals surface area contributed by atoms with Crippen molar-refractivity contribution in [2.24, 2.45) is 0 Å². The van der Waals surface area contributed by atoms with Crippen molar-refractivity contribution in [3.8, 4) is 0 Å². The van der Waals surface area contributed by atoms with Crippen LogP contribution in [-0.4, -0.2) is 4.92 Å². The monoisotopic (exact) mass is 247 g/mol. The predicted octanol–water partition coefficient (Wildman–Crippen LogP) is 3.95. The maximum absolute atomic E-state index is 10.4. The fourth-order valence-corrected chi connectivity index (χ4v) is 1.88. The number of furan rings is 1. The van der Waals surface area contributed by atoms with Gasteiger partial charge in [0.1, 0.15) is 10.7 Å². The van der Waals surface area contributed by atoms with Gasteiger partial charge >= 0.3 is 5.88 Å². The van der Waals surface area contributed by atoms with Gasteiger partial charge in [-0.05, 0) is 29.7 Å². The van der Waals surface area contributed by atoms with Crippen LogP contribution in [0.25, 0.3) is 6.08 Å². The molecule has 0 bridgehead atoms.